The molecule has 118 valence electrons. The van der Waals surface area contributed by atoms with Gasteiger partial charge in [0.15, 0.2) is 0 Å². The van der Waals surface area contributed by atoms with E-state index < -0.39 is 5.60 Å². The topological polar surface area (TPSA) is 102 Å². The fraction of sp³-hybridized carbons (Fsp3) is 0.500. The van der Waals surface area contributed by atoms with Crippen molar-refractivity contribution in [3.8, 4) is 12.1 Å². The maximum atomic E-state index is 11.3. The third-order valence-corrected chi connectivity index (χ3v) is 4.59. The number of nitrogens with one attached hydrogen (secondary N) is 1. The Balaban J connectivity index is 1.85. The van der Waals surface area contributed by atoms with Crippen LogP contribution in [-0.4, -0.2) is 36.3 Å². The van der Waals surface area contributed by atoms with Gasteiger partial charge in [0.2, 0.25) is 0 Å². The summed E-state index contributed by atoms with van der Waals surface area (Å²) in [5.74, 6) is 0.621. The molecule has 1 spiro atoms. The van der Waals surface area contributed by atoms with E-state index in [-0.39, 0.29) is 6.09 Å². The Labute approximate surface area is 134 Å². The fourth-order valence-corrected chi connectivity index (χ4v) is 3.27. The summed E-state index contributed by atoms with van der Waals surface area (Å²) in [6, 6.07) is 4.30. The average molecular weight is 311 g/mol. The summed E-state index contributed by atoms with van der Waals surface area (Å²) in [5, 5.41) is 21.4. The van der Waals surface area contributed by atoms with Gasteiger partial charge in [0.25, 0.3) is 0 Å². The smallest absolute Gasteiger partial charge is 0.407 e. The first-order valence-electron chi connectivity index (χ1n) is 7.66. The maximum absolute atomic E-state index is 11.3. The molecule has 0 aromatic carbocycles. The summed E-state index contributed by atoms with van der Waals surface area (Å²) < 4.78 is 5.41. The summed E-state index contributed by atoms with van der Waals surface area (Å²) in [5.41, 5.74) is 1.24. The maximum Gasteiger partial charge on any atom is 0.407 e. The van der Waals surface area contributed by atoms with Crippen molar-refractivity contribution < 1.29 is 9.53 Å². The predicted octanol–water partition coefficient (Wildman–Crippen LogP) is 1.47. The lowest BCUT2D eigenvalue weighted by Crippen LogP contribution is -2.47. The molecule has 3 heterocycles. The third-order valence-electron chi connectivity index (χ3n) is 4.59. The third kappa shape index (κ3) is 2.55. The normalized spacial score (nSPS) is 18.9. The van der Waals surface area contributed by atoms with Crippen molar-refractivity contribution in [2.24, 2.45) is 0 Å². The van der Waals surface area contributed by atoms with Crippen LogP contribution in [0.4, 0.5) is 10.6 Å². The number of hydrogen-bond donors (Lipinski definition) is 1. The van der Waals surface area contributed by atoms with Gasteiger partial charge in [-0.3, -0.25) is 0 Å². The van der Waals surface area contributed by atoms with E-state index in [0.717, 1.165) is 5.56 Å². The molecule has 0 radical (unpaired) electrons. The molecule has 2 saturated heterocycles. The molecule has 2 aliphatic heterocycles. The number of piperidine rings is 1. The second kappa shape index (κ2) is 5.77. The Morgan fingerprint density at radius 2 is 2.13 bits per heavy atom. The van der Waals surface area contributed by atoms with Gasteiger partial charge in [-0.05, 0) is 12.0 Å². The zero-order valence-corrected chi connectivity index (χ0v) is 12.9. The first kappa shape index (κ1) is 15.1. The molecule has 0 aliphatic carbocycles. The minimum atomic E-state index is -0.430. The van der Waals surface area contributed by atoms with E-state index in [4.69, 9.17) is 10.00 Å². The predicted molar refractivity (Wildman–Crippen MR) is 81.7 cm³/mol. The van der Waals surface area contributed by atoms with Gasteiger partial charge in [-0.25, -0.2) is 9.78 Å². The molecule has 7 heteroatoms. The highest BCUT2D eigenvalue weighted by Crippen LogP contribution is 2.33. The van der Waals surface area contributed by atoms with Crippen LogP contribution in [0.15, 0.2) is 6.20 Å². The van der Waals surface area contributed by atoms with Crippen molar-refractivity contribution in [1.82, 2.24) is 10.3 Å². The number of aromatic nitrogens is 1. The second-order valence-electron chi connectivity index (χ2n) is 5.84. The van der Waals surface area contributed by atoms with Crippen molar-refractivity contribution in [3.63, 3.8) is 0 Å². The lowest BCUT2D eigenvalue weighted by atomic mass is 9.91. The first-order chi connectivity index (χ1) is 11.1. The van der Waals surface area contributed by atoms with Gasteiger partial charge in [-0.1, -0.05) is 6.92 Å². The molecule has 0 saturated carbocycles. The summed E-state index contributed by atoms with van der Waals surface area (Å²) >= 11 is 0. The minimum absolute atomic E-state index is 0.360. The number of alkyl carbamates (subject to hydrolysis) is 1. The average Bonchev–Trinajstić information content (AvgIpc) is 2.94. The number of nitriles is 2. The van der Waals surface area contributed by atoms with Crippen molar-refractivity contribution in [2.75, 3.05) is 24.5 Å². The highest BCUT2D eigenvalue weighted by atomic mass is 16.6. The van der Waals surface area contributed by atoms with Crippen LogP contribution in [0.1, 0.15) is 36.5 Å². The van der Waals surface area contributed by atoms with E-state index >= 15 is 0 Å². The Bertz CT molecular complexity index is 723. The lowest BCUT2D eigenvalue weighted by molar-refractivity contribution is 0.0365. The Morgan fingerprint density at radius 3 is 2.65 bits per heavy atom. The van der Waals surface area contributed by atoms with Crippen LogP contribution in [-0.2, 0) is 11.2 Å². The number of nitrogens with zero attached hydrogens (tertiary/aromatic N) is 4. The molecular weight excluding hydrogens is 294 g/mol. The molecule has 1 amide bonds. The van der Waals surface area contributed by atoms with Crippen LogP contribution in [0.25, 0.3) is 0 Å². The largest absolute Gasteiger partial charge is 0.441 e. The van der Waals surface area contributed by atoms with Gasteiger partial charge >= 0.3 is 6.09 Å². The number of carbonyl (C=O) groups is 1. The van der Waals surface area contributed by atoms with Crippen LogP contribution in [0.2, 0.25) is 0 Å². The van der Waals surface area contributed by atoms with E-state index in [1.165, 1.54) is 6.20 Å². The summed E-state index contributed by atoms with van der Waals surface area (Å²) in [4.78, 5) is 17.7. The molecule has 0 bridgehead atoms. The first-order valence-corrected chi connectivity index (χ1v) is 7.66. The van der Waals surface area contributed by atoms with Crippen LogP contribution >= 0.6 is 0 Å². The molecule has 1 aromatic heterocycles. The number of anilines is 1. The zero-order chi connectivity index (χ0) is 16.4. The number of rotatable bonds is 2. The van der Waals surface area contributed by atoms with E-state index in [1.54, 1.807) is 0 Å². The molecule has 2 fully saturated rings. The summed E-state index contributed by atoms with van der Waals surface area (Å²) in [7, 11) is 0. The lowest BCUT2D eigenvalue weighted by Gasteiger charge is -2.38. The second-order valence-corrected chi connectivity index (χ2v) is 5.84. The highest BCUT2D eigenvalue weighted by molar-refractivity contribution is 5.70. The van der Waals surface area contributed by atoms with Gasteiger partial charge in [0.1, 0.15) is 23.6 Å². The van der Waals surface area contributed by atoms with Gasteiger partial charge in [-0.15, -0.1) is 0 Å². The Morgan fingerprint density at radius 1 is 1.39 bits per heavy atom. The van der Waals surface area contributed by atoms with Crippen LogP contribution in [0.3, 0.4) is 0 Å². The zero-order valence-electron chi connectivity index (χ0n) is 12.9. The van der Waals surface area contributed by atoms with Crippen molar-refractivity contribution >= 4 is 11.9 Å². The van der Waals surface area contributed by atoms with Crippen LogP contribution < -0.4 is 10.2 Å². The quantitative estimate of drug-likeness (QED) is 0.887. The van der Waals surface area contributed by atoms with Gasteiger partial charge in [0.05, 0.1) is 17.7 Å². The molecule has 3 rings (SSSR count). The summed E-state index contributed by atoms with van der Waals surface area (Å²) in [6.45, 7) is 3.78. The molecule has 2 aliphatic rings. The summed E-state index contributed by atoms with van der Waals surface area (Å²) in [6.07, 6.45) is 3.18. The Kier molecular flexibility index (Phi) is 3.79. The number of hydrogen-bond acceptors (Lipinski definition) is 6. The molecule has 0 atom stereocenters. The van der Waals surface area contributed by atoms with Crippen molar-refractivity contribution in [3.05, 3.63) is 22.9 Å². The minimum Gasteiger partial charge on any atom is -0.441 e. The number of ether oxygens (including phenoxy) is 1. The van der Waals surface area contributed by atoms with E-state index in [2.05, 4.69) is 22.4 Å². The van der Waals surface area contributed by atoms with Gasteiger partial charge in [-0.2, -0.15) is 10.5 Å². The molecule has 1 N–H and O–H groups in total. The molecule has 0 unspecified atom stereocenters. The number of pyridine rings is 1. The van der Waals surface area contributed by atoms with E-state index in [1.807, 2.05) is 11.8 Å². The number of carbonyl (C=O) groups excluding carboxylic acids is 1. The van der Waals surface area contributed by atoms with Gasteiger partial charge in [0, 0.05) is 32.1 Å². The monoisotopic (exact) mass is 311 g/mol. The molecular formula is C16H17N5O2. The van der Waals surface area contributed by atoms with Gasteiger partial charge < -0.3 is 15.0 Å². The van der Waals surface area contributed by atoms with Crippen molar-refractivity contribution in [1.29, 1.82) is 10.5 Å². The molecule has 7 nitrogen and oxygen atoms in total. The fourth-order valence-electron chi connectivity index (χ4n) is 3.27. The SMILES string of the molecule is CCc1c(C#N)cnc(N2CCC3(CC2)CNC(=O)O3)c1C#N. The van der Waals surface area contributed by atoms with E-state index in [9.17, 15) is 10.1 Å². The highest BCUT2D eigenvalue weighted by Gasteiger charge is 2.43. The molecule has 1 aromatic rings. The van der Waals surface area contributed by atoms with Crippen LogP contribution in [0.5, 0.6) is 0 Å². The van der Waals surface area contributed by atoms with Crippen LogP contribution in [0, 0.1) is 22.7 Å². The van der Waals surface area contributed by atoms with Crippen molar-refractivity contribution in [2.45, 2.75) is 31.8 Å². The molecule has 23 heavy (non-hydrogen) atoms. The standard InChI is InChI=1S/C16H17N5O2/c1-2-12-11(7-17)9-19-14(13(12)8-18)21-5-3-16(4-6-21)10-20-15(22)23-16/h9H,2-6,10H2,1H3,(H,20,22). The Hall–Kier alpha value is -2.80. The number of amides is 1. The van der Waals surface area contributed by atoms with E-state index in [0.29, 0.717) is 55.8 Å².